The first-order valence-corrected chi connectivity index (χ1v) is 11.5. The molecule has 1 aliphatic rings. The molecule has 3 rings (SSSR count). The van der Waals surface area contributed by atoms with Crippen molar-refractivity contribution in [3.05, 3.63) is 29.7 Å². The van der Waals surface area contributed by atoms with Crippen LogP contribution in [0.2, 0.25) is 0 Å². The largest absolute Gasteiger partial charge is 0.496 e. The Balaban J connectivity index is 1.55. The zero-order chi connectivity index (χ0) is 21.4. The summed E-state index contributed by atoms with van der Waals surface area (Å²) in [6.07, 6.45) is 14.5. The van der Waals surface area contributed by atoms with Crippen molar-refractivity contribution in [2.45, 2.75) is 89.4 Å². The lowest BCUT2D eigenvalue weighted by Gasteiger charge is -2.09. The van der Waals surface area contributed by atoms with E-state index in [2.05, 4.69) is 29.3 Å². The summed E-state index contributed by atoms with van der Waals surface area (Å²) in [6, 6.07) is 6.18. The van der Waals surface area contributed by atoms with Crippen LogP contribution in [0.5, 0.6) is 5.75 Å². The molecular formula is C24H36N4O2. The van der Waals surface area contributed by atoms with Gasteiger partial charge in [-0.3, -0.25) is 5.41 Å². The van der Waals surface area contributed by atoms with E-state index in [1.807, 2.05) is 6.07 Å². The maximum Gasteiger partial charge on any atom is 0.251 e. The highest BCUT2D eigenvalue weighted by Crippen LogP contribution is 2.48. The van der Waals surface area contributed by atoms with E-state index in [-0.39, 0.29) is 5.84 Å². The van der Waals surface area contributed by atoms with Crippen LogP contribution in [-0.2, 0) is 11.8 Å². The van der Waals surface area contributed by atoms with Gasteiger partial charge in [0.05, 0.1) is 12.7 Å². The number of unbranched alkanes of at least 4 members (excludes halogenated alkanes) is 8. The van der Waals surface area contributed by atoms with Crippen molar-refractivity contribution in [1.29, 1.82) is 5.41 Å². The molecule has 0 atom stereocenters. The van der Waals surface area contributed by atoms with Crippen molar-refractivity contribution >= 4 is 5.84 Å². The third-order valence-corrected chi connectivity index (χ3v) is 6.16. The van der Waals surface area contributed by atoms with Crippen LogP contribution in [0.25, 0.3) is 11.5 Å². The molecule has 0 amide bonds. The number of nitrogens with one attached hydrogen (secondary N) is 1. The summed E-state index contributed by atoms with van der Waals surface area (Å²) in [5.74, 6) is 1.69. The summed E-state index contributed by atoms with van der Waals surface area (Å²) in [7, 11) is 1.65. The molecule has 0 radical (unpaired) electrons. The molecule has 0 bridgehead atoms. The highest BCUT2D eigenvalue weighted by Gasteiger charge is 2.52. The molecule has 1 aromatic heterocycles. The van der Waals surface area contributed by atoms with E-state index >= 15 is 0 Å². The maximum absolute atomic E-state index is 7.81. The van der Waals surface area contributed by atoms with Gasteiger partial charge in [-0.15, -0.1) is 10.2 Å². The van der Waals surface area contributed by atoms with E-state index in [9.17, 15) is 0 Å². The molecule has 0 saturated heterocycles. The molecule has 0 unspecified atom stereocenters. The number of benzene rings is 1. The third kappa shape index (κ3) is 5.41. The molecular weight excluding hydrogens is 376 g/mol. The minimum atomic E-state index is -0.549. The molecule has 0 aliphatic heterocycles. The zero-order valence-corrected chi connectivity index (χ0v) is 18.5. The number of rotatable bonds is 14. The van der Waals surface area contributed by atoms with Gasteiger partial charge in [-0.2, -0.15) is 0 Å². The Bertz CT molecular complexity index is 826. The molecule has 0 spiro atoms. The Morgan fingerprint density at radius 1 is 1.07 bits per heavy atom. The summed E-state index contributed by atoms with van der Waals surface area (Å²) >= 11 is 0. The van der Waals surface area contributed by atoms with Crippen LogP contribution < -0.4 is 10.5 Å². The number of ether oxygens (including phenoxy) is 1. The first-order chi connectivity index (χ1) is 14.6. The van der Waals surface area contributed by atoms with E-state index in [1.165, 1.54) is 63.4 Å². The smallest absolute Gasteiger partial charge is 0.251 e. The van der Waals surface area contributed by atoms with Gasteiger partial charge >= 0.3 is 0 Å². The van der Waals surface area contributed by atoms with Crippen molar-refractivity contribution in [2.75, 3.05) is 7.11 Å². The van der Waals surface area contributed by atoms with Gasteiger partial charge in [0.25, 0.3) is 5.89 Å². The standard InChI is InChI=1S/C24H36N4O2/c1-3-4-5-6-7-8-9-10-11-12-18-13-14-20(29-2)19(17-18)21-27-28-23(30-21)24(15-16-24)22(25)26/h13-14,17H,3-12,15-16H2,1-2H3,(H3,25,26). The second-order valence-corrected chi connectivity index (χ2v) is 8.52. The normalized spacial score (nSPS) is 14.6. The van der Waals surface area contributed by atoms with Crippen LogP contribution in [0.15, 0.2) is 22.6 Å². The van der Waals surface area contributed by atoms with Gasteiger partial charge in [0, 0.05) is 0 Å². The molecule has 1 aliphatic carbocycles. The molecule has 6 heteroatoms. The van der Waals surface area contributed by atoms with Crippen molar-refractivity contribution in [3.8, 4) is 17.2 Å². The molecule has 2 aromatic rings. The van der Waals surface area contributed by atoms with Crippen molar-refractivity contribution in [2.24, 2.45) is 5.73 Å². The number of aromatic nitrogens is 2. The van der Waals surface area contributed by atoms with Crippen LogP contribution in [0.4, 0.5) is 0 Å². The summed E-state index contributed by atoms with van der Waals surface area (Å²) in [5, 5.41) is 16.2. The van der Waals surface area contributed by atoms with Crippen molar-refractivity contribution in [1.82, 2.24) is 10.2 Å². The Kier molecular flexibility index (Phi) is 7.88. The quantitative estimate of drug-likeness (QED) is 0.233. The van der Waals surface area contributed by atoms with E-state index in [0.29, 0.717) is 17.5 Å². The van der Waals surface area contributed by atoms with Crippen molar-refractivity contribution in [3.63, 3.8) is 0 Å². The van der Waals surface area contributed by atoms with Crippen LogP contribution in [0.1, 0.15) is 89.0 Å². The van der Waals surface area contributed by atoms with E-state index in [0.717, 1.165) is 24.8 Å². The van der Waals surface area contributed by atoms with Crippen LogP contribution in [0, 0.1) is 5.41 Å². The number of hydrogen-bond donors (Lipinski definition) is 2. The molecule has 1 fully saturated rings. The van der Waals surface area contributed by atoms with E-state index in [4.69, 9.17) is 20.3 Å². The Morgan fingerprint density at radius 3 is 2.33 bits per heavy atom. The first kappa shape index (κ1) is 22.3. The average molecular weight is 413 g/mol. The van der Waals surface area contributed by atoms with E-state index < -0.39 is 5.41 Å². The summed E-state index contributed by atoms with van der Waals surface area (Å²) in [6.45, 7) is 2.26. The van der Waals surface area contributed by atoms with Crippen LogP contribution in [-0.4, -0.2) is 23.1 Å². The molecule has 1 saturated carbocycles. The van der Waals surface area contributed by atoms with Crippen molar-refractivity contribution < 1.29 is 9.15 Å². The number of hydrogen-bond acceptors (Lipinski definition) is 5. The van der Waals surface area contributed by atoms with Crippen LogP contribution in [0.3, 0.4) is 0 Å². The lowest BCUT2D eigenvalue weighted by molar-refractivity contribution is 0.412. The Hall–Kier alpha value is -2.37. The third-order valence-electron chi connectivity index (χ3n) is 6.16. The number of aryl methyl sites for hydroxylation is 1. The highest BCUT2D eigenvalue weighted by molar-refractivity contribution is 5.91. The summed E-state index contributed by atoms with van der Waals surface area (Å²) in [4.78, 5) is 0. The van der Waals surface area contributed by atoms with Gasteiger partial charge in [-0.05, 0) is 43.4 Å². The topological polar surface area (TPSA) is 98.0 Å². The Morgan fingerprint density at radius 2 is 1.73 bits per heavy atom. The number of nitrogens with two attached hydrogens (primary N) is 1. The predicted octanol–water partition coefficient (Wildman–Crippen LogP) is 5.79. The number of nitrogens with zero attached hydrogens (tertiary/aromatic N) is 2. The average Bonchev–Trinajstić information content (AvgIpc) is 3.43. The fourth-order valence-corrected chi connectivity index (χ4v) is 3.97. The fraction of sp³-hybridized carbons (Fsp3) is 0.625. The minimum absolute atomic E-state index is 0.101. The molecule has 3 N–H and O–H groups in total. The van der Waals surface area contributed by atoms with Gasteiger partial charge in [-0.1, -0.05) is 64.4 Å². The predicted molar refractivity (Wildman–Crippen MR) is 120 cm³/mol. The van der Waals surface area contributed by atoms with Gasteiger partial charge < -0.3 is 14.9 Å². The number of methoxy groups -OCH3 is 1. The SMILES string of the molecule is CCCCCCCCCCCc1ccc(OC)c(-c2nnc(C3(C(=N)N)CC3)o2)c1. The fourth-order valence-electron chi connectivity index (χ4n) is 3.97. The first-order valence-electron chi connectivity index (χ1n) is 11.5. The highest BCUT2D eigenvalue weighted by atomic mass is 16.5. The second kappa shape index (κ2) is 10.6. The van der Waals surface area contributed by atoms with E-state index in [1.54, 1.807) is 7.11 Å². The van der Waals surface area contributed by atoms with Gasteiger partial charge in [0.15, 0.2) is 0 Å². The molecule has 1 aromatic carbocycles. The lowest BCUT2D eigenvalue weighted by atomic mass is 10.0. The second-order valence-electron chi connectivity index (χ2n) is 8.52. The van der Waals surface area contributed by atoms with Crippen LogP contribution >= 0.6 is 0 Å². The molecule has 6 nitrogen and oxygen atoms in total. The minimum Gasteiger partial charge on any atom is -0.496 e. The summed E-state index contributed by atoms with van der Waals surface area (Å²) < 4.78 is 11.4. The van der Waals surface area contributed by atoms with Gasteiger partial charge in [0.2, 0.25) is 5.89 Å². The van der Waals surface area contributed by atoms with Gasteiger partial charge in [-0.25, -0.2) is 0 Å². The molecule has 1 heterocycles. The number of amidine groups is 1. The molecule has 164 valence electrons. The molecule has 30 heavy (non-hydrogen) atoms. The Labute approximate surface area is 180 Å². The van der Waals surface area contributed by atoms with Gasteiger partial charge in [0.1, 0.15) is 17.0 Å². The maximum atomic E-state index is 7.81. The summed E-state index contributed by atoms with van der Waals surface area (Å²) in [5.41, 5.74) is 7.25. The lowest BCUT2D eigenvalue weighted by Crippen LogP contribution is -2.27. The zero-order valence-electron chi connectivity index (χ0n) is 18.5. The monoisotopic (exact) mass is 412 g/mol.